The van der Waals surface area contributed by atoms with Crippen molar-refractivity contribution in [3.63, 3.8) is 0 Å². The Morgan fingerprint density at radius 2 is 1.76 bits per heavy atom. The second kappa shape index (κ2) is 8.80. The molecule has 2 N–H and O–H groups in total. The molecule has 3 aliphatic rings. The van der Waals surface area contributed by atoms with Crippen molar-refractivity contribution in [1.29, 1.82) is 5.41 Å². The highest BCUT2D eigenvalue weighted by Gasteiger charge is 2.34. The van der Waals surface area contributed by atoms with Crippen LogP contribution in [-0.4, -0.2) is 36.4 Å². The molecule has 6 rings (SSSR count). The quantitative estimate of drug-likeness (QED) is 0.520. The molecule has 1 aromatic carbocycles. The Kier molecular flexibility index (Phi) is 5.81. The van der Waals surface area contributed by atoms with E-state index in [0.29, 0.717) is 23.4 Å². The van der Waals surface area contributed by atoms with Gasteiger partial charge in [0.25, 0.3) is 0 Å². The second-order valence-electron chi connectivity index (χ2n) is 9.25. The number of nitrogens with one attached hydrogen (secondary N) is 2. The molecule has 2 bridgehead atoms. The lowest BCUT2D eigenvalue weighted by Gasteiger charge is -2.41. The van der Waals surface area contributed by atoms with Crippen LogP contribution in [0.1, 0.15) is 42.6 Å². The Morgan fingerprint density at radius 1 is 1.03 bits per heavy atom. The topological polar surface area (TPSA) is 95.8 Å². The van der Waals surface area contributed by atoms with E-state index in [2.05, 4.69) is 15.3 Å². The van der Waals surface area contributed by atoms with Crippen molar-refractivity contribution in [1.82, 2.24) is 15.3 Å². The fourth-order valence-corrected chi connectivity index (χ4v) is 5.63. The molecule has 2 aliphatic heterocycles. The maximum atomic E-state index is 11.8. The first-order valence-electron chi connectivity index (χ1n) is 11.6. The molecular formula is C27H28N4O2S. The Hall–Kier alpha value is -3.32. The van der Waals surface area contributed by atoms with Crippen LogP contribution < -0.4 is 5.32 Å². The van der Waals surface area contributed by atoms with Crippen LogP contribution in [0.5, 0.6) is 0 Å². The van der Waals surface area contributed by atoms with Gasteiger partial charge in [0.05, 0.1) is 22.0 Å². The third kappa shape index (κ3) is 4.40. The van der Waals surface area contributed by atoms with E-state index in [-0.39, 0.29) is 4.90 Å². The maximum Gasteiger partial charge on any atom is 0.175 e. The molecule has 1 aliphatic carbocycles. The van der Waals surface area contributed by atoms with Crippen LogP contribution in [0.15, 0.2) is 71.4 Å². The lowest BCUT2D eigenvalue weighted by atomic mass is 9.76. The minimum absolute atomic E-state index is 0.282. The molecule has 0 unspecified atom stereocenters. The van der Waals surface area contributed by atoms with E-state index in [1.807, 2.05) is 37.3 Å². The predicted octanol–water partition coefficient (Wildman–Crippen LogP) is 4.80. The number of rotatable bonds is 5. The molecule has 0 radical (unpaired) electrons. The van der Waals surface area contributed by atoms with Gasteiger partial charge in [-0.15, -0.1) is 0 Å². The highest BCUT2D eigenvalue weighted by atomic mass is 32.2. The summed E-state index contributed by atoms with van der Waals surface area (Å²) in [5.74, 6) is 0.413. The van der Waals surface area contributed by atoms with Gasteiger partial charge in [0, 0.05) is 41.0 Å². The van der Waals surface area contributed by atoms with Gasteiger partial charge >= 0.3 is 0 Å². The highest BCUT2D eigenvalue weighted by molar-refractivity contribution is 7.90. The summed E-state index contributed by atoms with van der Waals surface area (Å²) in [5, 5.41) is 12.9. The summed E-state index contributed by atoms with van der Waals surface area (Å²) in [6, 6.07) is 17.0. The zero-order chi connectivity index (χ0) is 23.9. The lowest BCUT2D eigenvalue weighted by Crippen LogP contribution is -2.43. The minimum Gasteiger partial charge on any atom is -0.385 e. The number of hydrogen-bond donors (Lipinski definition) is 2. The Labute approximate surface area is 200 Å². The monoisotopic (exact) mass is 472 g/mol. The van der Waals surface area contributed by atoms with Gasteiger partial charge in [0.2, 0.25) is 0 Å². The number of pyridine rings is 2. The van der Waals surface area contributed by atoms with E-state index in [4.69, 9.17) is 5.41 Å². The normalized spacial score (nSPS) is 21.1. The van der Waals surface area contributed by atoms with E-state index in [0.717, 1.165) is 46.6 Å². The van der Waals surface area contributed by atoms with Crippen LogP contribution in [0.3, 0.4) is 0 Å². The van der Waals surface area contributed by atoms with Gasteiger partial charge in [-0.2, -0.15) is 0 Å². The van der Waals surface area contributed by atoms with Crippen molar-refractivity contribution in [2.24, 2.45) is 5.92 Å². The molecule has 34 heavy (non-hydrogen) atoms. The van der Waals surface area contributed by atoms with Crippen LogP contribution in [0, 0.1) is 18.3 Å². The Balaban J connectivity index is 1.61. The number of fused-ring (bicyclic) bond motifs is 3. The number of hydrogen-bond acceptors (Lipinski definition) is 6. The number of aryl methyl sites for hydroxylation is 1. The smallest absolute Gasteiger partial charge is 0.175 e. The van der Waals surface area contributed by atoms with Crippen LogP contribution in [-0.2, 0) is 9.84 Å². The number of nitrogens with zero attached hydrogens (tertiary/aromatic N) is 2. The van der Waals surface area contributed by atoms with Gasteiger partial charge in [-0.3, -0.25) is 15.4 Å². The number of piperidine rings is 2. The first kappa shape index (κ1) is 22.5. The molecule has 6 nitrogen and oxygen atoms in total. The average Bonchev–Trinajstić information content (AvgIpc) is 2.85. The third-order valence-electron chi connectivity index (χ3n) is 6.79. The summed E-state index contributed by atoms with van der Waals surface area (Å²) in [4.78, 5) is 9.46. The van der Waals surface area contributed by atoms with Crippen molar-refractivity contribution < 1.29 is 8.42 Å². The van der Waals surface area contributed by atoms with Gasteiger partial charge < -0.3 is 5.32 Å². The molecule has 3 fully saturated rings. The summed E-state index contributed by atoms with van der Waals surface area (Å²) in [7, 11) is -3.26. The molecule has 2 saturated heterocycles. The van der Waals surface area contributed by atoms with Crippen molar-refractivity contribution in [2.45, 2.75) is 43.5 Å². The molecule has 3 aromatic rings. The molecule has 0 amide bonds. The minimum atomic E-state index is -3.26. The van der Waals surface area contributed by atoms with Gasteiger partial charge in [-0.1, -0.05) is 18.2 Å². The average molecular weight is 473 g/mol. The Bertz CT molecular complexity index is 1390. The zero-order valence-corrected chi connectivity index (χ0v) is 20.2. The van der Waals surface area contributed by atoms with Crippen LogP contribution in [0.4, 0.5) is 0 Å². The summed E-state index contributed by atoms with van der Waals surface area (Å²) in [5.41, 5.74) is 6.44. The second-order valence-corrected chi connectivity index (χ2v) is 11.3. The predicted molar refractivity (Wildman–Crippen MR) is 134 cm³/mol. The van der Waals surface area contributed by atoms with Crippen LogP contribution >= 0.6 is 0 Å². The van der Waals surface area contributed by atoms with Crippen molar-refractivity contribution in [3.8, 4) is 11.3 Å². The molecular weight excluding hydrogens is 444 g/mol. The molecule has 4 heterocycles. The summed E-state index contributed by atoms with van der Waals surface area (Å²) in [6.07, 6.45) is 7.58. The molecule has 2 aromatic heterocycles. The Morgan fingerprint density at radius 3 is 2.38 bits per heavy atom. The van der Waals surface area contributed by atoms with Gasteiger partial charge in [-0.25, -0.2) is 8.42 Å². The zero-order valence-electron chi connectivity index (χ0n) is 19.4. The summed E-state index contributed by atoms with van der Waals surface area (Å²) in [6.45, 7) is 1.94. The number of allylic oxidation sites excluding steroid dienone is 2. The van der Waals surface area contributed by atoms with Crippen molar-refractivity contribution >= 4 is 21.1 Å². The largest absolute Gasteiger partial charge is 0.385 e. The molecule has 174 valence electrons. The lowest BCUT2D eigenvalue weighted by molar-refractivity contribution is 0.262. The van der Waals surface area contributed by atoms with Crippen molar-refractivity contribution in [3.05, 3.63) is 83.4 Å². The van der Waals surface area contributed by atoms with E-state index in [1.54, 1.807) is 30.5 Å². The molecule has 0 spiro atoms. The van der Waals surface area contributed by atoms with Crippen molar-refractivity contribution in [2.75, 3.05) is 6.26 Å². The number of aromatic nitrogens is 2. The summed E-state index contributed by atoms with van der Waals surface area (Å²) >= 11 is 0. The first-order chi connectivity index (χ1) is 16.3. The SMILES string of the molecule is Cc1cccc(C(=N)/C(=C2\NC3CCC2CC3)c2ccnc(-c3ccc(S(C)(=O)=O)cc3)c2)n1. The van der Waals surface area contributed by atoms with E-state index >= 15 is 0 Å². The van der Waals surface area contributed by atoms with Gasteiger partial charge in [-0.05, 0) is 80.5 Å². The van der Waals surface area contributed by atoms with E-state index < -0.39 is 9.84 Å². The van der Waals surface area contributed by atoms with Crippen LogP contribution in [0.2, 0.25) is 0 Å². The van der Waals surface area contributed by atoms with Gasteiger partial charge in [0.1, 0.15) is 0 Å². The van der Waals surface area contributed by atoms with E-state index in [1.165, 1.54) is 19.1 Å². The highest BCUT2D eigenvalue weighted by Crippen LogP contribution is 2.40. The van der Waals surface area contributed by atoms with E-state index in [9.17, 15) is 8.42 Å². The molecule has 0 atom stereocenters. The molecule has 7 heteroatoms. The first-order valence-corrected chi connectivity index (χ1v) is 13.5. The van der Waals surface area contributed by atoms with Gasteiger partial charge in [0.15, 0.2) is 9.84 Å². The third-order valence-corrected chi connectivity index (χ3v) is 7.91. The number of benzene rings is 1. The fourth-order valence-electron chi connectivity index (χ4n) is 5.00. The fraction of sp³-hybridized carbons (Fsp3) is 0.296. The maximum absolute atomic E-state index is 11.8. The number of sulfone groups is 1. The standard InChI is InChI=1S/C27H28N4O2S/c1-17-4-3-5-23(30-17)26(28)25(27-19-6-10-21(31-27)11-7-19)20-14-15-29-24(16-20)18-8-12-22(13-9-18)34(2,32)33/h3-5,8-9,12-16,19,21,28,31H,6-7,10-11H2,1-2H3/b27-25-,28-26?. The molecule has 1 saturated carbocycles. The summed E-state index contributed by atoms with van der Waals surface area (Å²) < 4.78 is 23.7. The van der Waals surface area contributed by atoms with Crippen LogP contribution in [0.25, 0.3) is 16.8 Å².